The van der Waals surface area contributed by atoms with Gasteiger partial charge < -0.3 is 9.88 Å². The molecule has 6 heteroatoms. The van der Waals surface area contributed by atoms with E-state index in [0.29, 0.717) is 5.39 Å². The fourth-order valence-corrected chi connectivity index (χ4v) is 4.86. The van der Waals surface area contributed by atoms with Crippen molar-refractivity contribution in [3.8, 4) is 11.1 Å². The molecular formula is C20H20N3OS2+. The molecule has 4 nitrogen and oxygen atoms in total. The molecule has 2 N–H and O–H groups in total. The summed E-state index contributed by atoms with van der Waals surface area (Å²) < 4.78 is 0. The summed E-state index contributed by atoms with van der Waals surface area (Å²) in [5.41, 5.74) is 1.97. The van der Waals surface area contributed by atoms with E-state index in [9.17, 15) is 4.79 Å². The minimum Gasteiger partial charge on any atom is -0.324 e. The molecule has 0 fully saturated rings. The molecule has 4 rings (SSSR count). The number of H-pyrrole nitrogens is 1. The van der Waals surface area contributed by atoms with Crippen molar-refractivity contribution in [3.05, 3.63) is 74.3 Å². The normalized spacial score (nSPS) is 12.5. The van der Waals surface area contributed by atoms with Crippen LogP contribution in [-0.2, 0) is 13.1 Å². The van der Waals surface area contributed by atoms with Crippen LogP contribution in [0.3, 0.4) is 0 Å². The van der Waals surface area contributed by atoms with Crippen molar-refractivity contribution in [3.63, 3.8) is 0 Å². The maximum absolute atomic E-state index is 12.7. The fraction of sp³-hybridized carbons (Fsp3) is 0.200. The minimum atomic E-state index is -0.0447. The van der Waals surface area contributed by atoms with E-state index in [0.717, 1.165) is 41.4 Å². The van der Waals surface area contributed by atoms with Gasteiger partial charge in [-0.05, 0) is 23.9 Å². The third-order valence-electron chi connectivity index (χ3n) is 4.50. The first-order valence-corrected chi connectivity index (χ1v) is 10.4. The molecule has 0 aliphatic rings. The van der Waals surface area contributed by atoms with Crippen LogP contribution in [-0.4, -0.2) is 16.5 Å². The molecule has 0 spiro atoms. The van der Waals surface area contributed by atoms with Gasteiger partial charge in [0.25, 0.3) is 5.56 Å². The number of hydrogen-bond acceptors (Lipinski definition) is 4. The van der Waals surface area contributed by atoms with E-state index in [1.165, 1.54) is 21.1 Å². The van der Waals surface area contributed by atoms with E-state index in [2.05, 4.69) is 29.4 Å². The van der Waals surface area contributed by atoms with Crippen molar-refractivity contribution in [2.75, 3.05) is 6.54 Å². The van der Waals surface area contributed by atoms with E-state index in [1.54, 1.807) is 11.3 Å². The SMILES string of the molecule is CC[NH+](Cc1nc2scc(-c3ccccc3)c2c(=O)[nH]1)Cc1cccs1. The molecule has 1 unspecified atom stereocenters. The first-order chi connectivity index (χ1) is 12.7. The molecule has 0 radical (unpaired) electrons. The Bertz CT molecular complexity index is 1050. The second kappa shape index (κ2) is 7.53. The number of benzene rings is 1. The van der Waals surface area contributed by atoms with Crippen molar-refractivity contribution < 1.29 is 4.90 Å². The van der Waals surface area contributed by atoms with Gasteiger partial charge in [0.05, 0.1) is 16.8 Å². The Kier molecular flexibility index (Phi) is 4.97. The van der Waals surface area contributed by atoms with Crippen LogP contribution in [0.15, 0.2) is 58.0 Å². The van der Waals surface area contributed by atoms with E-state index in [-0.39, 0.29) is 5.56 Å². The quantitative estimate of drug-likeness (QED) is 0.537. The Balaban J connectivity index is 1.64. The van der Waals surface area contributed by atoms with Crippen LogP contribution >= 0.6 is 22.7 Å². The monoisotopic (exact) mass is 382 g/mol. The zero-order chi connectivity index (χ0) is 17.9. The standard InChI is InChI=1S/C20H19N3OS2/c1-2-23(11-15-9-6-10-25-15)12-17-21-19(24)18-16(13-26-20(18)22-17)14-7-4-3-5-8-14/h3-10,13H,2,11-12H2,1H3,(H,21,22,24)/p+1. The van der Waals surface area contributed by atoms with E-state index in [4.69, 9.17) is 4.98 Å². The Hall–Kier alpha value is -2.28. The number of thiophene rings is 2. The summed E-state index contributed by atoms with van der Waals surface area (Å²) in [6.07, 6.45) is 0. The van der Waals surface area contributed by atoms with Crippen LogP contribution in [0.5, 0.6) is 0 Å². The number of nitrogens with zero attached hydrogens (tertiary/aromatic N) is 1. The molecule has 0 amide bonds. The van der Waals surface area contributed by atoms with Gasteiger partial charge in [-0.25, -0.2) is 4.98 Å². The van der Waals surface area contributed by atoms with Crippen LogP contribution in [0.2, 0.25) is 0 Å². The molecule has 132 valence electrons. The molecule has 0 bridgehead atoms. The third kappa shape index (κ3) is 3.49. The fourth-order valence-electron chi connectivity index (χ4n) is 3.12. The summed E-state index contributed by atoms with van der Waals surface area (Å²) in [5, 5.41) is 4.83. The summed E-state index contributed by atoms with van der Waals surface area (Å²) in [4.78, 5) is 24.1. The van der Waals surface area contributed by atoms with E-state index in [1.807, 2.05) is 35.7 Å². The Morgan fingerprint density at radius 1 is 1.08 bits per heavy atom. The van der Waals surface area contributed by atoms with Crippen molar-refractivity contribution in [1.29, 1.82) is 0 Å². The first-order valence-electron chi connectivity index (χ1n) is 8.66. The average molecular weight is 383 g/mol. The molecule has 1 aromatic carbocycles. The average Bonchev–Trinajstić information content (AvgIpc) is 3.31. The summed E-state index contributed by atoms with van der Waals surface area (Å²) >= 11 is 3.31. The summed E-state index contributed by atoms with van der Waals surface area (Å²) in [6, 6.07) is 14.2. The molecule has 3 aromatic heterocycles. The number of quaternary nitrogens is 1. The zero-order valence-corrected chi connectivity index (χ0v) is 16.1. The van der Waals surface area contributed by atoms with Crippen molar-refractivity contribution in [1.82, 2.24) is 9.97 Å². The van der Waals surface area contributed by atoms with Crippen molar-refractivity contribution in [2.24, 2.45) is 0 Å². The molecule has 3 heterocycles. The lowest BCUT2D eigenvalue weighted by molar-refractivity contribution is -0.926. The van der Waals surface area contributed by atoms with Gasteiger partial charge in [-0.3, -0.25) is 4.79 Å². The number of aromatic nitrogens is 2. The smallest absolute Gasteiger partial charge is 0.260 e. The van der Waals surface area contributed by atoms with Crippen LogP contribution in [0.1, 0.15) is 17.6 Å². The lowest BCUT2D eigenvalue weighted by atomic mass is 10.1. The number of hydrogen-bond donors (Lipinski definition) is 2. The Morgan fingerprint density at radius 3 is 2.65 bits per heavy atom. The highest BCUT2D eigenvalue weighted by molar-refractivity contribution is 7.17. The van der Waals surface area contributed by atoms with Gasteiger partial charge in [0.1, 0.15) is 17.9 Å². The van der Waals surface area contributed by atoms with Gasteiger partial charge in [0.2, 0.25) is 0 Å². The van der Waals surface area contributed by atoms with Crippen molar-refractivity contribution in [2.45, 2.75) is 20.0 Å². The molecule has 1 atom stereocenters. The topological polar surface area (TPSA) is 50.2 Å². The molecule has 26 heavy (non-hydrogen) atoms. The van der Waals surface area contributed by atoms with Crippen LogP contribution < -0.4 is 10.5 Å². The highest BCUT2D eigenvalue weighted by Gasteiger charge is 2.16. The lowest BCUT2D eigenvalue weighted by Crippen LogP contribution is -3.09. The highest BCUT2D eigenvalue weighted by atomic mass is 32.1. The van der Waals surface area contributed by atoms with Gasteiger partial charge in [-0.1, -0.05) is 36.4 Å². The zero-order valence-electron chi connectivity index (χ0n) is 14.5. The number of fused-ring (bicyclic) bond motifs is 1. The molecule has 0 aliphatic carbocycles. The summed E-state index contributed by atoms with van der Waals surface area (Å²) in [7, 11) is 0. The molecule has 0 saturated carbocycles. The van der Waals surface area contributed by atoms with Gasteiger partial charge in [-0.15, -0.1) is 22.7 Å². The van der Waals surface area contributed by atoms with E-state index < -0.39 is 0 Å². The predicted octanol–water partition coefficient (Wildman–Crippen LogP) is 3.32. The van der Waals surface area contributed by atoms with Crippen LogP contribution in [0, 0.1) is 0 Å². The van der Waals surface area contributed by atoms with E-state index >= 15 is 0 Å². The van der Waals surface area contributed by atoms with Crippen molar-refractivity contribution >= 4 is 32.9 Å². The number of aromatic amines is 1. The first kappa shape index (κ1) is 17.1. The Labute approximate surface area is 159 Å². The molecular weight excluding hydrogens is 362 g/mol. The number of rotatable bonds is 6. The van der Waals surface area contributed by atoms with Crippen LogP contribution in [0.25, 0.3) is 21.3 Å². The summed E-state index contributed by atoms with van der Waals surface area (Å²) in [6.45, 7) is 4.82. The molecule has 0 aliphatic heterocycles. The highest BCUT2D eigenvalue weighted by Crippen LogP contribution is 2.30. The maximum Gasteiger partial charge on any atom is 0.260 e. The van der Waals surface area contributed by atoms with Gasteiger partial charge in [0.15, 0.2) is 5.82 Å². The van der Waals surface area contributed by atoms with Gasteiger partial charge in [0, 0.05) is 10.9 Å². The second-order valence-corrected chi connectivity index (χ2v) is 8.13. The predicted molar refractivity (Wildman–Crippen MR) is 109 cm³/mol. The molecule has 0 saturated heterocycles. The summed E-state index contributed by atoms with van der Waals surface area (Å²) in [5.74, 6) is 0.761. The largest absolute Gasteiger partial charge is 0.324 e. The second-order valence-electron chi connectivity index (χ2n) is 6.24. The lowest BCUT2D eigenvalue weighted by Gasteiger charge is -2.16. The van der Waals surface area contributed by atoms with Gasteiger partial charge in [-0.2, -0.15) is 0 Å². The third-order valence-corrected chi connectivity index (χ3v) is 6.25. The Morgan fingerprint density at radius 2 is 1.92 bits per heavy atom. The molecule has 4 aromatic rings. The minimum absolute atomic E-state index is 0.0447. The van der Waals surface area contributed by atoms with Gasteiger partial charge >= 0.3 is 0 Å². The number of nitrogens with one attached hydrogen (secondary N) is 2. The maximum atomic E-state index is 12.7. The van der Waals surface area contributed by atoms with Crippen LogP contribution in [0.4, 0.5) is 0 Å².